The predicted molar refractivity (Wildman–Crippen MR) is 69.6 cm³/mol. The average molecular weight is 235 g/mol. The lowest BCUT2D eigenvalue weighted by molar-refractivity contribution is 0.160. The minimum Gasteiger partial charge on any atom is -0.330 e. The molecule has 1 aliphatic carbocycles. The Balaban J connectivity index is 1.98. The van der Waals surface area contributed by atoms with E-state index in [1.54, 1.807) is 0 Å². The van der Waals surface area contributed by atoms with Gasteiger partial charge < -0.3 is 5.73 Å². The highest BCUT2D eigenvalue weighted by Crippen LogP contribution is 2.52. The molecular formula is C15H22FN. The van der Waals surface area contributed by atoms with Crippen LogP contribution in [0.4, 0.5) is 4.39 Å². The molecule has 0 bridgehead atoms. The fourth-order valence-corrected chi connectivity index (χ4v) is 2.74. The molecule has 0 amide bonds. The van der Waals surface area contributed by atoms with Crippen molar-refractivity contribution in [3.63, 3.8) is 0 Å². The number of halogens is 1. The van der Waals surface area contributed by atoms with E-state index in [0.717, 1.165) is 6.42 Å². The monoisotopic (exact) mass is 235 g/mol. The molecule has 1 aliphatic rings. The summed E-state index contributed by atoms with van der Waals surface area (Å²) in [4.78, 5) is 0. The number of nitrogens with two attached hydrogens (primary N) is 1. The Labute approximate surface area is 103 Å². The molecule has 1 saturated carbocycles. The van der Waals surface area contributed by atoms with E-state index in [4.69, 9.17) is 5.73 Å². The molecule has 4 atom stereocenters. The van der Waals surface area contributed by atoms with E-state index in [9.17, 15) is 4.39 Å². The minimum atomic E-state index is -0.745. The van der Waals surface area contributed by atoms with Crippen molar-refractivity contribution in [2.75, 3.05) is 6.54 Å². The third-order valence-electron chi connectivity index (χ3n) is 4.01. The average Bonchev–Trinajstić information content (AvgIpc) is 3.10. The van der Waals surface area contributed by atoms with Crippen molar-refractivity contribution < 1.29 is 4.39 Å². The summed E-state index contributed by atoms with van der Waals surface area (Å²) in [6.07, 6.45) is 0.235. The summed E-state index contributed by atoms with van der Waals surface area (Å²) < 4.78 is 14.4. The summed E-state index contributed by atoms with van der Waals surface area (Å²) in [6.45, 7) is 4.57. The number of hydrogen-bond donors (Lipinski definition) is 1. The fourth-order valence-electron chi connectivity index (χ4n) is 2.74. The Morgan fingerprint density at radius 3 is 2.47 bits per heavy atom. The van der Waals surface area contributed by atoms with E-state index in [-0.39, 0.29) is 11.8 Å². The van der Waals surface area contributed by atoms with Crippen LogP contribution in [0.2, 0.25) is 0 Å². The first kappa shape index (κ1) is 12.6. The molecule has 0 spiro atoms. The molecule has 1 nitrogen and oxygen atoms in total. The summed E-state index contributed by atoms with van der Waals surface area (Å²) >= 11 is 0. The van der Waals surface area contributed by atoms with Gasteiger partial charge in [0, 0.05) is 5.92 Å². The Bertz CT molecular complexity index is 349. The lowest BCUT2D eigenvalue weighted by Gasteiger charge is -2.23. The summed E-state index contributed by atoms with van der Waals surface area (Å²) in [5.74, 6) is 0.938. The molecule has 0 radical (unpaired) electrons. The minimum absolute atomic E-state index is 0.00807. The van der Waals surface area contributed by atoms with E-state index in [2.05, 4.69) is 26.0 Å². The molecule has 1 aromatic rings. The number of benzene rings is 1. The zero-order chi connectivity index (χ0) is 12.4. The highest BCUT2D eigenvalue weighted by Gasteiger charge is 2.47. The van der Waals surface area contributed by atoms with Crippen LogP contribution in [0.3, 0.4) is 0 Å². The van der Waals surface area contributed by atoms with Crippen molar-refractivity contribution in [3.05, 3.63) is 35.9 Å². The van der Waals surface area contributed by atoms with E-state index >= 15 is 0 Å². The standard InChI is InChI=1S/C15H22FN/c1-10(2)14(9-17)15(16)13-8-12(13)11-6-4-3-5-7-11/h3-7,10,12-15H,8-9,17H2,1-2H3. The van der Waals surface area contributed by atoms with Crippen LogP contribution >= 0.6 is 0 Å². The van der Waals surface area contributed by atoms with Crippen molar-refractivity contribution in [3.8, 4) is 0 Å². The molecule has 1 aromatic carbocycles. The van der Waals surface area contributed by atoms with Crippen molar-refractivity contribution >= 4 is 0 Å². The molecule has 4 unspecified atom stereocenters. The SMILES string of the molecule is CC(C)C(CN)C(F)C1CC1c1ccccc1. The van der Waals surface area contributed by atoms with Gasteiger partial charge in [0.1, 0.15) is 6.17 Å². The Hall–Kier alpha value is -0.890. The van der Waals surface area contributed by atoms with Crippen LogP contribution in [0.25, 0.3) is 0 Å². The number of alkyl halides is 1. The zero-order valence-electron chi connectivity index (χ0n) is 10.6. The molecule has 17 heavy (non-hydrogen) atoms. The summed E-state index contributed by atoms with van der Waals surface area (Å²) in [6, 6.07) is 10.3. The van der Waals surface area contributed by atoms with Crippen LogP contribution in [0, 0.1) is 17.8 Å². The molecule has 0 aromatic heterocycles. The van der Waals surface area contributed by atoms with Gasteiger partial charge in [-0.05, 0) is 36.3 Å². The van der Waals surface area contributed by atoms with Gasteiger partial charge in [-0.25, -0.2) is 4.39 Å². The van der Waals surface area contributed by atoms with Gasteiger partial charge in [0.2, 0.25) is 0 Å². The van der Waals surface area contributed by atoms with Crippen LogP contribution in [0.5, 0.6) is 0 Å². The Kier molecular flexibility index (Phi) is 3.82. The van der Waals surface area contributed by atoms with Crippen LogP contribution in [-0.4, -0.2) is 12.7 Å². The normalized spacial score (nSPS) is 26.9. The van der Waals surface area contributed by atoms with Crippen LogP contribution in [-0.2, 0) is 0 Å². The summed E-state index contributed by atoms with van der Waals surface area (Å²) in [7, 11) is 0. The fraction of sp³-hybridized carbons (Fsp3) is 0.600. The second-order valence-corrected chi connectivity index (χ2v) is 5.50. The van der Waals surface area contributed by atoms with Crippen LogP contribution in [0.15, 0.2) is 30.3 Å². The highest BCUT2D eigenvalue weighted by atomic mass is 19.1. The van der Waals surface area contributed by atoms with Gasteiger partial charge >= 0.3 is 0 Å². The first-order valence-corrected chi connectivity index (χ1v) is 6.54. The smallest absolute Gasteiger partial charge is 0.108 e. The van der Waals surface area contributed by atoms with E-state index in [1.807, 2.05) is 18.2 Å². The molecule has 1 fully saturated rings. The molecular weight excluding hydrogens is 213 g/mol. The third kappa shape index (κ3) is 2.68. The first-order valence-electron chi connectivity index (χ1n) is 6.54. The molecule has 0 saturated heterocycles. The summed E-state index contributed by atoms with van der Waals surface area (Å²) in [5.41, 5.74) is 6.96. The summed E-state index contributed by atoms with van der Waals surface area (Å²) in [5, 5.41) is 0. The van der Waals surface area contributed by atoms with Gasteiger partial charge in [-0.15, -0.1) is 0 Å². The molecule has 2 N–H and O–H groups in total. The highest BCUT2D eigenvalue weighted by molar-refractivity contribution is 5.26. The molecule has 0 heterocycles. The largest absolute Gasteiger partial charge is 0.330 e. The van der Waals surface area contributed by atoms with E-state index in [0.29, 0.717) is 18.4 Å². The lowest BCUT2D eigenvalue weighted by Crippen LogP contribution is -2.31. The van der Waals surface area contributed by atoms with Gasteiger partial charge in [-0.2, -0.15) is 0 Å². The quantitative estimate of drug-likeness (QED) is 0.832. The van der Waals surface area contributed by atoms with Crippen molar-refractivity contribution in [1.29, 1.82) is 0 Å². The first-order chi connectivity index (χ1) is 8.15. The van der Waals surface area contributed by atoms with Gasteiger partial charge in [-0.1, -0.05) is 44.2 Å². The topological polar surface area (TPSA) is 26.0 Å². The van der Waals surface area contributed by atoms with Crippen molar-refractivity contribution in [1.82, 2.24) is 0 Å². The van der Waals surface area contributed by atoms with Gasteiger partial charge in [-0.3, -0.25) is 0 Å². The third-order valence-corrected chi connectivity index (χ3v) is 4.01. The van der Waals surface area contributed by atoms with Gasteiger partial charge in [0.05, 0.1) is 0 Å². The molecule has 2 heteroatoms. The van der Waals surface area contributed by atoms with Crippen molar-refractivity contribution in [2.45, 2.75) is 32.4 Å². The second kappa shape index (κ2) is 5.18. The maximum Gasteiger partial charge on any atom is 0.108 e. The van der Waals surface area contributed by atoms with E-state index in [1.165, 1.54) is 5.56 Å². The maximum atomic E-state index is 14.4. The molecule has 0 aliphatic heterocycles. The van der Waals surface area contributed by atoms with Gasteiger partial charge in [0.25, 0.3) is 0 Å². The predicted octanol–water partition coefficient (Wildman–Crippen LogP) is 3.36. The number of hydrogen-bond acceptors (Lipinski definition) is 1. The Morgan fingerprint density at radius 2 is 1.94 bits per heavy atom. The maximum absolute atomic E-state index is 14.4. The van der Waals surface area contributed by atoms with E-state index < -0.39 is 6.17 Å². The van der Waals surface area contributed by atoms with Crippen LogP contribution < -0.4 is 5.73 Å². The van der Waals surface area contributed by atoms with Crippen molar-refractivity contribution in [2.24, 2.45) is 23.5 Å². The Morgan fingerprint density at radius 1 is 1.29 bits per heavy atom. The zero-order valence-corrected chi connectivity index (χ0v) is 10.6. The molecule has 2 rings (SSSR count). The number of rotatable bonds is 5. The molecule has 94 valence electrons. The second-order valence-electron chi connectivity index (χ2n) is 5.50. The lowest BCUT2D eigenvalue weighted by atomic mass is 9.88. The van der Waals surface area contributed by atoms with Crippen LogP contribution in [0.1, 0.15) is 31.7 Å². The van der Waals surface area contributed by atoms with Gasteiger partial charge in [0.15, 0.2) is 0 Å².